The van der Waals surface area contributed by atoms with Crippen molar-refractivity contribution in [1.82, 2.24) is 0 Å². The minimum Gasteiger partial charge on any atom is -0.469 e. The van der Waals surface area contributed by atoms with Crippen LogP contribution in [0, 0.1) is 5.92 Å². The van der Waals surface area contributed by atoms with Crippen molar-refractivity contribution in [2.45, 2.75) is 25.0 Å². The molecule has 2 bridgehead atoms. The van der Waals surface area contributed by atoms with Gasteiger partial charge in [-0.25, -0.2) is 0 Å². The molecule has 0 aliphatic carbocycles. The molecule has 66 valence electrons. The molecule has 12 heavy (non-hydrogen) atoms. The molecular formula is C8H10O4. The quantitative estimate of drug-likeness (QED) is 0.516. The lowest BCUT2D eigenvalue weighted by Gasteiger charge is -2.14. The van der Waals surface area contributed by atoms with E-state index < -0.39 is 6.10 Å². The molecule has 0 N–H and O–H groups in total. The van der Waals surface area contributed by atoms with E-state index in [1.54, 1.807) is 0 Å². The van der Waals surface area contributed by atoms with Crippen molar-refractivity contribution in [3.05, 3.63) is 0 Å². The Labute approximate surface area is 69.8 Å². The Balaban J connectivity index is 2.12. The van der Waals surface area contributed by atoms with Crippen molar-refractivity contribution in [2.75, 3.05) is 7.11 Å². The Morgan fingerprint density at radius 1 is 1.67 bits per heavy atom. The third-order valence-electron chi connectivity index (χ3n) is 2.47. The molecule has 2 fully saturated rings. The first-order valence-electron chi connectivity index (χ1n) is 3.98. The van der Waals surface area contributed by atoms with E-state index in [4.69, 9.17) is 4.74 Å². The number of carbonyl (C=O) groups excluding carboxylic acids is 2. The number of esters is 1. The summed E-state index contributed by atoms with van der Waals surface area (Å²) in [5, 5.41) is 0. The van der Waals surface area contributed by atoms with E-state index in [0.29, 0.717) is 12.8 Å². The maximum Gasteiger partial charge on any atom is 0.311 e. The van der Waals surface area contributed by atoms with Crippen molar-refractivity contribution < 1.29 is 19.1 Å². The molecule has 3 atom stereocenters. The Hall–Kier alpha value is -0.900. The van der Waals surface area contributed by atoms with Crippen molar-refractivity contribution in [3.8, 4) is 0 Å². The van der Waals surface area contributed by atoms with Gasteiger partial charge in [0.05, 0.1) is 19.1 Å². The smallest absolute Gasteiger partial charge is 0.311 e. The highest BCUT2D eigenvalue weighted by molar-refractivity contribution is 5.92. The molecule has 0 amide bonds. The minimum absolute atomic E-state index is 0.0356. The van der Waals surface area contributed by atoms with Crippen LogP contribution in [0.5, 0.6) is 0 Å². The van der Waals surface area contributed by atoms with Crippen LogP contribution < -0.4 is 0 Å². The van der Waals surface area contributed by atoms with Crippen LogP contribution in [0.3, 0.4) is 0 Å². The summed E-state index contributed by atoms with van der Waals surface area (Å²) in [6, 6.07) is 0. The lowest BCUT2D eigenvalue weighted by Crippen LogP contribution is -2.32. The molecule has 0 saturated carbocycles. The van der Waals surface area contributed by atoms with Gasteiger partial charge in [-0.1, -0.05) is 0 Å². The van der Waals surface area contributed by atoms with Gasteiger partial charge in [0.15, 0.2) is 5.78 Å². The van der Waals surface area contributed by atoms with Crippen LogP contribution >= 0.6 is 0 Å². The summed E-state index contributed by atoms with van der Waals surface area (Å²) in [6.07, 6.45) is 0.565. The highest BCUT2D eigenvalue weighted by atomic mass is 16.5. The Bertz CT molecular complexity index is 235. The molecule has 0 radical (unpaired) electrons. The number of fused-ring (bicyclic) bond motifs is 2. The van der Waals surface area contributed by atoms with Crippen molar-refractivity contribution in [1.29, 1.82) is 0 Å². The first-order chi connectivity index (χ1) is 5.72. The number of carbonyl (C=O) groups is 2. The second-order valence-corrected chi connectivity index (χ2v) is 3.21. The normalized spacial score (nSPS) is 38.8. The predicted octanol–water partition coefficient (Wildman–Crippen LogP) is -0.0941. The van der Waals surface area contributed by atoms with Gasteiger partial charge in [-0.3, -0.25) is 9.59 Å². The molecule has 2 aliphatic heterocycles. The second kappa shape index (κ2) is 2.55. The van der Waals surface area contributed by atoms with Gasteiger partial charge in [0, 0.05) is 6.42 Å². The maximum atomic E-state index is 11.1. The Morgan fingerprint density at radius 3 is 2.92 bits per heavy atom. The van der Waals surface area contributed by atoms with E-state index in [-0.39, 0.29) is 23.8 Å². The first-order valence-corrected chi connectivity index (χ1v) is 3.98. The molecule has 2 rings (SSSR count). The number of ether oxygens (including phenoxy) is 2. The zero-order chi connectivity index (χ0) is 8.72. The van der Waals surface area contributed by atoms with Crippen LogP contribution in [0.4, 0.5) is 0 Å². The minimum atomic E-state index is -0.512. The summed E-state index contributed by atoms with van der Waals surface area (Å²) in [5.41, 5.74) is 0. The summed E-state index contributed by atoms with van der Waals surface area (Å²) in [7, 11) is 1.33. The topological polar surface area (TPSA) is 52.6 Å². The van der Waals surface area contributed by atoms with E-state index in [1.807, 2.05) is 0 Å². The van der Waals surface area contributed by atoms with E-state index in [1.165, 1.54) is 7.11 Å². The van der Waals surface area contributed by atoms with Crippen LogP contribution in [0.15, 0.2) is 0 Å². The molecular weight excluding hydrogens is 160 g/mol. The third-order valence-corrected chi connectivity index (χ3v) is 2.47. The number of hydrogen-bond acceptors (Lipinski definition) is 4. The van der Waals surface area contributed by atoms with Gasteiger partial charge in [0.25, 0.3) is 0 Å². The first kappa shape index (κ1) is 7.73. The van der Waals surface area contributed by atoms with Crippen molar-refractivity contribution in [2.24, 2.45) is 5.92 Å². The molecule has 0 spiro atoms. The monoisotopic (exact) mass is 170 g/mol. The molecule has 0 aromatic rings. The van der Waals surface area contributed by atoms with Gasteiger partial charge in [0.1, 0.15) is 6.10 Å². The molecule has 2 aliphatic rings. The molecule has 4 heteroatoms. The fraction of sp³-hybridized carbons (Fsp3) is 0.750. The SMILES string of the molecule is COC(=O)[C@@H]1C[C@@H]2CC(=O)[C@H]1O2. The van der Waals surface area contributed by atoms with Crippen LogP contribution in [0.2, 0.25) is 0 Å². The highest BCUT2D eigenvalue weighted by Gasteiger charge is 2.50. The van der Waals surface area contributed by atoms with E-state index in [9.17, 15) is 9.59 Å². The van der Waals surface area contributed by atoms with Crippen LogP contribution in [-0.4, -0.2) is 31.1 Å². The van der Waals surface area contributed by atoms with E-state index in [0.717, 1.165) is 0 Å². The lowest BCUT2D eigenvalue weighted by atomic mass is 9.88. The summed E-state index contributed by atoms with van der Waals surface area (Å²) >= 11 is 0. The van der Waals surface area contributed by atoms with Gasteiger partial charge < -0.3 is 9.47 Å². The van der Waals surface area contributed by atoms with Crippen LogP contribution in [0.1, 0.15) is 12.8 Å². The zero-order valence-corrected chi connectivity index (χ0v) is 6.78. The molecule has 0 aromatic carbocycles. The predicted molar refractivity (Wildman–Crippen MR) is 38.4 cm³/mol. The molecule has 0 aromatic heterocycles. The van der Waals surface area contributed by atoms with Gasteiger partial charge in [-0.05, 0) is 6.42 Å². The van der Waals surface area contributed by atoms with Gasteiger partial charge in [-0.2, -0.15) is 0 Å². The summed E-state index contributed by atoms with van der Waals surface area (Å²) in [5.74, 6) is -0.626. The van der Waals surface area contributed by atoms with Gasteiger partial charge >= 0.3 is 5.97 Å². The van der Waals surface area contributed by atoms with Crippen LogP contribution in [-0.2, 0) is 19.1 Å². The Morgan fingerprint density at radius 2 is 2.42 bits per heavy atom. The zero-order valence-electron chi connectivity index (χ0n) is 6.78. The molecule has 0 unspecified atom stereocenters. The largest absolute Gasteiger partial charge is 0.469 e. The van der Waals surface area contributed by atoms with E-state index in [2.05, 4.69) is 4.74 Å². The average Bonchev–Trinajstić information content (AvgIpc) is 2.60. The summed E-state index contributed by atoms with van der Waals surface area (Å²) in [6.45, 7) is 0. The number of hydrogen-bond donors (Lipinski definition) is 0. The fourth-order valence-electron chi connectivity index (χ4n) is 1.91. The molecule has 4 nitrogen and oxygen atoms in total. The van der Waals surface area contributed by atoms with Gasteiger partial charge in [0.2, 0.25) is 0 Å². The van der Waals surface area contributed by atoms with Crippen LogP contribution in [0.25, 0.3) is 0 Å². The standard InChI is InChI=1S/C8H10O4/c1-11-8(10)5-2-4-3-6(9)7(5)12-4/h4-5,7H,2-3H2,1H3/t4-,5-,7+/m1/s1. The Kier molecular flexibility index (Phi) is 1.65. The highest BCUT2D eigenvalue weighted by Crippen LogP contribution is 2.36. The van der Waals surface area contributed by atoms with Crippen molar-refractivity contribution >= 4 is 11.8 Å². The van der Waals surface area contributed by atoms with Gasteiger partial charge in [-0.15, -0.1) is 0 Å². The van der Waals surface area contributed by atoms with Crippen molar-refractivity contribution in [3.63, 3.8) is 0 Å². The molecule has 2 saturated heterocycles. The number of methoxy groups -OCH3 is 1. The number of ketones is 1. The number of Topliss-reactive ketones (excluding diaryl/α,β-unsaturated/α-hetero) is 1. The summed E-state index contributed by atoms with van der Waals surface area (Å²) < 4.78 is 9.83. The third kappa shape index (κ3) is 0.948. The second-order valence-electron chi connectivity index (χ2n) is 3.21. The average molecular weight is 170 g/mol. The fourth-order valence-corrected chi connectivity index (χ4v) is 1.91. The number of rotatable bonds is 1. The lowest BCUT2D eigenvalue weighted by molar-refractivity contribution is -0.149. The maximum absolute atomic E-state index is 11.1. The summed E-state index contributed by atoms with van der Waals surface area (Å²) in [4.78, 5) is 22.2. The van der Waals surface area contributed by atoms with E-state index >= 15 is 0 Å². The molecule has 2 heterocycles.